The van der Waals surface area contributed by atoms with Crippen molar-refractivity contribution in [2.24, 2.45) is 11.3 Å². The van der Waals surface area contributed by atoms with Gasteiger partial charge >= 0.3 is 0 Å². The Morgan fingerprint density at radius 1 is 1.45 bits per heavy atom. The SMILES string of the molecule is CN(C)C(=O)c1sc(N2CCC(C(C)(C)C)C2)cc1N. The normalized spacial score (nSPS) is 19.4. The molecule has 0 spiro atoms. The van der Waals surface area contributed by atoms with Crippen molar-refractivity contribution in [2.75, 3.05) is 37.8 Å². The molecule has 1 aliphatic heterocycles. The lowest BCUT2D eigenvalue weighted by Crippen LogP contribution is -2.25. The van der Waals surface area contributed by atoms with Crippen LogP contribution < -0.4 is 10.6 Å². The summed E-state index contributed by atoms with van der Waals surface area (Å²) in [6.07, 6.45) is 1.21. The lowest BCUT2D eigenvalue weighted by Gasteiger charge is -2.27. The van der Waals surface area contributed by atoms with Gasteiger partial charge in [-0.2, -0.15) is 0 Å². The van der Waals surface area contributed by atoms with E-state index in [0.29, 0.717) is 21.9 Å². The number of nitrogens with zero attached hydrogens (tertiary/aromatic N) is 2. The minimum Gasteiger partial charge on any atom is -0.397 e. The summed E-state index contributed by atoms with van der Waals surface area (Å²) in [7, 11) is 3.51. The van der Waals surface area contributed by atoms with Crippen LogP contribution in [-0.2, 0) is 0 Å². The van der Waals surface area contributed by atoms with Crippen molar-refractivity contribution in [1.29, 1.82) is 0 Å². The maximum atomic E-state index is 12.1. The molecule has 4 nitrogen and oxygen atoms in total. The van der Waals surface area contributed by atoms with Gasteiger partial charge in [-0.15, -0.1) is 11.3 Å². The van der Waals surface area contributed by atoms with Crippen molar-refractivity contribution in [3.05, 3.63) is 10.9 Å². The molecule has 1 amide bonds. The average Bonchev–Trinajstić information content (AvgIpc) is 2.93. The molecule has 1 saturated heterocycles. The predicted molar refractivity (Wildman–Crippen MR) is 86.5 cm³/mol. The van der Waals surface area contributed by atoms with E-state index in [-0.39, 0.29) is 5.91 Å². The van der Waals surface area contributed by atoms with Gasteiger partial charge in [0.2, 0.25) is 0 Å². The zero-order valence-electron chi connectivity index (χ0n) is 13.1. The largest absolute Gasteiger partial charge is 0.397 e. The van der Waals surface area contributed by atoms with Gasteiger partial charge in [0.15, 0.2) is 0 Å². The number of thiophene rings is 1. The molecule has 112 valence electrons. The Hall–Kier alpha value is -1.23. The van der Waals surface area contributed by atoms with E-state index in [1.54, 1.807) is 19.0 Å². The Kier molecular flexibility index (Phi) is 4.00. The standard InChI is InChI=1S/C15H25N3OS/c1-15(2,3)10-6-7-18(9-10)12-8-11(16)13(20-12)14(19)17(4)5/h8,10H,6-7,9,16H2,1-5H3. The summed E-state index contributed by atoms with van der Waals surface area (Å²) in [6, 6.07) is 1.95. The van der Waals surface area contributed by atoms with Gasteiger partial charge in [-0.05, 0) is 23.8 Å². The Morgan fingerprint density at radius 3 is 2.60 bits per heavy atom. The van der Waals surface area contributed by atoms with E-state index in [2.05, 4.69) is 25.7 Å². The maximum absolute atomic E-state index is 12.1. The van der Waals surface area contributed by atoms with Gasteiger partial charge in [0.25, 0.3) is 5.91 Å². The fourth-order valence-electron chi connectivity index (χ4n) is 2.58. The van der Waals surface area contributed by atoms with E-state index < -0.39 is 0 Å². The van der Waals surface area contributed by atoms with E-state index in [1.807, 2.05) is 6.07 Å². The van der Waals surface area contributed by atoms with Crippen LogP contribution in [0.1, 0.15) is 36.9 Å². The second-order valence-corrected chi connectivity index (χ2v) is 7.90. The molecule has 1 aromatic heterocycles. The van der Waals surface area contributed by atoms with Crippen LogP contribution in [0.3, 0.4) is 0 Å². The molecule has 0 bridgehead atoms. The second kappa shape index (κ2) is 5.28. The summed E-state index contributed by atoms with van der Waals surface area (Å²) in [6.45, 7) is 9.00. The van der Waals surface area contributed by atoms with Crippen LogP contribution in [0.25, 0.3) is 0 Å². The van der Waals surface area contributed by atoms with Crippen LogP contribution in [0.2, 0.25) is 0 Å². The number of anilines is 2. The van der Waals surface area contributed by atoms with Crippen molar-refractivity contribution < 1.29 is 4.79 Å². The first kappa shape index (κ1) is 15.2. The monoisotopic (exact) mass is 295 g/mol. The molecular formula is C15H25N3OS. The lowest BCUT2D eigenvalue weighted by molar-refractivity contribution is 0.0833. The molecule has 1 atom stereocenters. The highest BCUT2D eigenvalue weighted by Crippen LogP contribution is 2.39. The van der Waals surface area contributed by atoms with Crippen molar-refractivity contribution in [3.8, 4) is 0 Å². The van der Waals surface area contributed by atoms with Crippen LogP contribution in [0.4, 0.5) is 10.7 Å². The molecule has 20 heavy (non-hydrogen) atoms. The van der Waals surface area contributed by atoms with Crippen LogP contribution >= 0.6 is 11.3 Å². The minimum atomic E-state index is -0.00896. The fraction of sp³-hybridized carbons (Fsp3) is 0.667. The highest BCUT2D eigenvalue weighted by Gasteiger charge is 2.33. The zero-order valence-corrected chi connectivity index (χ0v) is 13.9. The van der Waals surface area contributed by atoms with Gasteiger partial charge in [-0.3, -0.25) is 4.79 Å². The molecule has 2 rings (SSSR count). The molecule has 2 heterocycles. The van der Waals surface area contributed by atoms with E-state index in [1.165, 1.54) is 17.8 Å². The smallest absolute Gasteiger partial charge is 0.265 e. The molecule has 2 N–H and O–H groups in total. The van der Waals surface area contributed by atoms with Gasteiger partial charge in [-0.1, -0.05) is 20.8 Å². The third-order valence-corrected chi connectivity index (χ3v) is 5.27. The van der Waals surface area contributed by atoms with Gasteiger partial charge in [0.05, 0.1) is 10.7 Å². The molecule has 0 saturated carbocycles. The first-order valence-corrected chi connectivity index (χ1v) is 7.87. The first-order chi connectivity index (χ1) is 9.20. The molecule has 1 unspecified atom stereocenters. The average molecular weight is 295 g/mol. The van der Waals surface area contributed by atoms with Crippen molar-refractivity contribution in [1.82, 2.24) is 4.90 Å². The number of nitrogens with two attached hydrogens (primary N) is 1. The quantitative estimate of drug-likeness (QED) is 0.912. The number of carbonyl (C=O) groups excluding carboxylic acids is 1. The molecular weight excluding hydrogens is 270 g/mol. The van der Waals surface area contributed by atoms with Gasteiger partial charge in [0.1, 0.15) is 4.88 Å². The third-order valence-electron chi connectivity index (χ3n) is 4.07. The second-order valence-electron chi connectivity index (χ2n) is 6.87. The number of rotatable bonds is 2. The summed E-state index contributed by atoms with van der Waals surface area (Å²) in [5.41, 5.74) is 6.94. The Balaban J connectivity index is 2.16. The van der Waals surface area contributed by atoms with Gasteiger partial charge < -0.3 is 15.5 Å². The summed E-state index contributed by atoms with van der Waals surface area (Å²) >= 11 is 1.52. The molecule has 1 fully saturated rings. The molecule has 1 aliphatic rings. The van der Waals surface area contributed by atoms with Crippen LogP contribution in [0, 0.1) is 11.3 Å². The molecule has 0 aromatic carbocycles. The number of carbonyl (C=O) groups is 1. The zero-order chi connectivity index (χ0) is 15.1. The van der Waals surface area contributed by atoms with E-state index in [9.17, 15) is 4.79 Å². The Bertz CT molecular complexity index is 502. The fourth-order valence-corrected chi connectivity index (χ4v) is 3.72. The summed E-state index contributed by atoms with van der Waals surface area (Å²) in [5, 5.41) is 1.12. The van der Waals surface area contributed by atoms with Crippen LogP contribution in [0.5, 0.6) is 0 Å². The van der Waals surface area contributed by atoms with Crippen LogP contribution in [-0.4, -0.2) is 38.0 Å². The summed E-state index contributed by atoms with van der Waals surface area (Å²) < 4.78 is 0. The van der Waals surface area contributed by atoms with E-state index in [0.717, 1.165) is 18.1 Å². The lowest BCUT2D eigenvalue weighted by atomic mass is 9.80. The van der Waals surface area contributed by atoms with Crippen molar-refractivity contribution in [3.63, 3.8) is 0 Å². The van der Waals surface area contributed by atoms with Crippen molar-refractivity contribution >= 4 is 27.9 Å². The van der Waals surface area contributed by atoms with Crippen LogP contribution in [0.15, 0.2) is 6.07 Å². The predicted octanol–water partition coefficient (Wildman–Crippen LogP) is 2.90. The van der Waals surface area contributed by atoms with Gasteiger partial charge in [-0.25, -0.2) is 0 Å². The molecule has 5 heteroatoms. The topological polar surface area (TPSA) is 49.6 Å². The number of hydrogen-bond donors (Lipinski definition) is 1. The highest BCUT2D eigenvalue weighted by atomic mass is 32.1. The van der Waals surface area contributed by atoms with E-state index in [4.69, 9.17) is 5.73 Å². The summed E-state index contributed by atoms with van der Waals surface area (Å²) in [4.78, 5) is 16.7. The number of hydrogen-bond acceptors (Lipinski definition) is 4. The first-order valence-electron chi connectivity index (χ1n) is 7.06. The Morgan fingerprint density at radius 2 is 2.10 bits per heavy atom. The molecule has 0 radical (unpaired) electrons. The Labute approximate surface area is 125 Å². The third kappa shape index (κ3) is 2.92. The van der Waals surface area contributed by atoms with Gasteiger partial charge in [0, 0.05) is 27.2 Å². The molecule has 0 aliphatic carbocycles. The number of amides is 1. The minimum absolute atomic E-state index is 0.00896. The number of nitrogen functional groups attached to an aromatic ring is 1. The van der Waals surface area contributed by atoms with E-state index >= 15 is 0 Å². The molecule has 1 aromatic rings. The summed E-state index contributed by atoms with van der Waals surface area (Å²) in [5.74, 6) is 0.684. The van der Waals surface area contributed by atoms with Crippen molar-refractivity contribution in [2.45, 2.75) is 27.2 Å². The maximum Gasteiger partial charge on any atom is 0.265 e. The highest BCUT2D eigenvalue weighted by molar-refractivity contribution is 7.18.